The van der Waals surface area contributed by atoms with Crippen molar-refractivity contribution in [1.29, 1.82) is 0 Å². The van der Waals surface area contributed by atoms with Gasteiger partial charge in [0.15, 0.2) is 0 Å². The van der Waals surface area contributed by atoms with E-state index in [0.717, 1.165) is 0 Å². The minimum atomic E-state index is -1.62. The Balaban J connectivity index is 3.24. The van der Waals surface area contributed by atoms with Gasteiger partial charge in [0.2, 0.25) is 0 Å². The summed E-state index contributed by atoms with van der Waals surface area (Å²) in [4.78, 5) is 0. The lowest BCUT2D eigenvalue weighted by Crippen LogP contribution is -2.06. The Labute approximate surface area is 41.7 Å². The van der Waals surface area contributed by atoms with Crippen molar-refractivity contribution in [3.63, 3.8) is 0 Å². The van der Waals surface area contributed by atoms with Crippen LogP contribution in [-0.2, 0) is 0 Å². The number of rotatable bonds is 0. The van der Waals surface area contributed by atoms with Crippen LogP contribution in [0.15, 0.2) is 0 Å². The fraction of sp³-hybridized carbons (Fsp3) is 0.333. The van der Waals surface area contributed by atoms with Crippen LogP contribution in [0.2, 0.25) is 0 Å². The lowest BCUT2D eigenvalue weighted by molar-refractivity contribution is 0.350. The van der Waals surface area contributed by atoms with Crippen LogP contribution < -0.4 is 0 Å². The molecule has 0 aromatic heterocycles. The maximum atomic E-state index is 7.95. The summed E-state index contributed by atoms with van der Waals surface area (Å²) in [6.45, 7) is -0.336. The zero-order valence-electron chi connectivity index (χ0n) is 3.63. The third-order valence-electron chi connectivity index (χ3n) is 0.310. The zero-order chi connectivity index (χ0) is 5.70. The van der Waals surface area contributed by atoms with Crippen LogP contribution >= 0.6 is 0 Å². The molecule has 0 rings (SSSR count). The second-order valence-corrected chi connectivity index (χ2v) is 0.853. The maximum absolute atomic E-state index is 7.95. The van der Waals surface area contributed by atoms with Gasteiger partial charge >= 0.3 is 7.12 Å². The summed E-state index contributed by atoms with van der Waals surface area (Å²) in [5.41, 5.74) is 0. The van der Waals surface area contributed by atoms with Crippen LogP contribution in [0.3, 0.4) is 0 Å². The highest BCUT2D eigenvalue weighted by Gasteiger charge is 1.95. The quantitative estimate of drug-likeness (QED) is 0.243. The minimum absolute atomic E-state index is 0.336. The summed E-state index contributed by atoms with van der Waals surface area (Å²) in [5, 5.41) is 23.8. The third kappa shape index (κ3) is 5.50. The van der Waals surface area contributed by atoms with E-state index in [1.54, 1.807) is 0 Å². The van der Waals surface area contributed by atoms with Crippen molar-refractivity contribution >= 4 is 7.12 Å². The first-order chi connectivity index (χ1) is 3.27. The predicted octanol–water partition coefficient (Wildman–Crippen LogP) is -2.01. The Hall–Kier alpha value is -0.495. The Morgan fingerprint density at radius 2 is 2.00 bits per heavy atom. The molecule has 3 N–H and O–H groups in total. The van der Waals surface area contributed by atoms with Crippen molar-refractivity contribution in [2.24, 2.45) is 0 Å². The Kier molecular flexibility index (Phi) is 3.43. The number of aliphatic hydroxyl groups is 1. The van der Waals surface area contributed by atoms with E-state index in [1.165, 1.54) is 0 Å². The van der Waals surface area contributed by atoms with E-state index in [4.69, 9.17) is 15.2 Å². The SMILES string of the molecule is OCC#CB(O)O. The molecule has 0 unspecified atom stereocenters. The molecule has 38 valence electrons. The highest BCUT2D eigenvalue weighted by Crippen LogP contribution is 1.58. The topological polar surface area (TPSA) is 60.7 Å². The summed E-state index contributed by atoms with van der Waals surface area (Å²) in [6.07, 6.45) is 0. The molecule has 4 heteroatoms. The van der Waals surface area contributed by atoms with Crippen LogP contribution in [0.4, 0.5) is 0 Å². The van der Waals surface area contributed by atoms with E-state index in [-0.39, 0.29) is 6.61 Å². The van der Waals surface area contributed by atoms with Gasteiger partial charge in [0, 0.05) is 0 Å². The Morgan fingerprint density at radius 3 is 2.14 bits per heavy atom. The van der Waals surface area contributed by atoms with Crippen molar-refractivity contribution in [3.05, 3.63) is 0 Å². The van der Waals surface area contributed by atoms with Gasteiger partial charge in [0.25, 0.3) is 0 Å². The molecule has 0 bridgehead atoms. The average Bonchev–Trinajstić information content (AvgIpc) is 1.61. The largest absolute Gasteiger partial charge is 0.544 e. The molecule has 0 saturated carbocycles. The molecule has 0 heterocycles. The first-order valence-electron chi connectivity index (χ1n) is 1.72. The number of hydrogen-bond donors (Lipinski definition) is 3. The minimum Gasteiger partial charge on any atom is -0.416 e. The fourth-order valence-corrected chi connectivity index (χ4v) is 0.137. The van der Waals surface area contributed by atoms with Gasteiger partial charge in [-0.1, -0.05) is 11.7 Å². The Bertz CT molecular complexity index is 90.1. The summed E-state index contributed by atoms with van der Waals surface area (Å²) in [6, 6.07) is 0. The van der Waals surface area contributed by atoms with E-state index in [0.29, 0.717) is 0 Å². The molecule has 0 aliphatic rings. The van der Waals surface area contributed by atoms with Gasteiger partial charge in [-0.15, -0.1) is 0 Å². The van der Waals surface area contributed by atoms with Crippen molar-refractivity contribution in [3.8, 4) is 11.7 Å². The molecule has 0 radical (unpaired) electrons. The summed E-state index contributed by atoms with van der Waals surface area (Å²) >= 11 is 0. The molecular formula is C3H5BO3. The Morgan fingerprint density at radius 1 is 1.43 bits per heavy atom. The first kappa shape index (κ1) is 6.50. The lowest BCUT2D eigenvalue weighted by Gasteiger charge is -1.75. The van der Waals surface area contributed by atoms with Gasteiger partial charge in [0.1, 0.15) is 6.61 Å². The lowest BCUT2D eigenvalue weighted by atomic mass is 9.94. The highest BCUT2D eigenvalue weighted by atomic mass is 16.4. The first-order valence-corrected chi connectivity index (χ1v) is 1.72. The normalized spacial score (nSPS) is 6.71. The monoisotopic (exact) mass is 100 g/mol. The predicted molar refractivity (Wildman–Crippen MR) is 25.1 cm³/mol. The summed E-state index contributed by atoms with van der Waals surface area (Å²) < 4.78 is 0. The second kappa shape index (κ2) is 3.69. The molecule has 0 aromatic carbocycles. The van der Waals surface area contributed by atoms with Crippen LogP contribution in [0.1, 0.15) is 0 Å². The van der Waals surface area contributed by atoms with E-state index in [1.807, 2.05) is 5.82 Å². The molecule has 0 aliphatic carbocycles. The molecule has 0 amide bonds. The highest BCUT2D eigenvalue weighted by molar-refractivity contribution is 6.51. The second-order valence-electron chi connectivity index (χ2n) is 0.853. The molecule has 0 atom stereocenters. The van der Waals surface area contributed by atoms with Crippen LogP contribution in [0, 0.1) is 11.7 Å². The standard InChI is InChI=1S/C3H5BO3/c5-3-1-2-4(6)7/h5-7H,3H2. The molecule has 0 spiro atoms. The maximum Gasteiger partial charge on any atom is 0.544 e. The van der Waals surface area contributed by atoms with Gasteiger partial charge in [-0.2, -0.15) is 0 Å². The molecular weight excluding hydrogens is 94.8 g/mol. The van der Waals surface area contributed by atoms with Gasteiger partial charge in [-0.05, 0) is 0 Å². The van der Waals surface area contributed by atoms with E-state index in [9.17, 15) is 0 Å². The number of aliphatic hydroxyl groups excluding tert-OH is 1. The van der Waals surface area contributed by atoms with Crippen molar-refractivity contribution < 1.29 is 15.2 Å². The van der Waals surface area contributed by atoms with Crippen molar-refractivity contribution in [2.75, 3.05) is 6.61 Å². The van der Waals surface area contributed by atoms with E-state index >= 15 is 0 Å². The molecule has 0 aromatic rings. The number of hydrogen-bond acceptors (Lipinski definition) is 3. The van der Waals surface area contributed by atoms with Gasteiger partial charge in [-0.3, -0.25) is 0 Å². The smallest absolute Gasteiger partial charge is 0.416 e. The van der Waals surface area contributed by atoms with Gasteiger partial charge < -0.3 is 15.2 Å². The van der Waals surface area contributed by atoms with Crippen molar-refractivity contribution in [1.82, 2.24) is 0 Å². The van der Waals surface area contributed by atoms with E-state index in [2.05, 4.69) is 5.92 Å². The fourth-order valence-electron chi connectivity index (χ4n) is 0.137. The molecule has 0 aliphatic heterocycles. The van der Waals surface area contributed by atoms with Crippen LogP contribution in [0.25, 0.3) is 0 Å². The van der Waals surface area contributed by atoms with Gasteiger partial charge in [-0.25, -0.2) is 0 Å². The molecule has 7 heavy (non-hydrogen) atoms. The third-order valence-corrected chi connectivity index (χ3v) is 0.310. The van der Waals surface area contributed by atoms with Crippen LogP contribution in [0.5, 0.6) is 0 Å². The molecule has 3 nitrogen and oxygen atoms in total. The van der Waals surface area contributed by atoms with Crippen LogP contribution in [-0.4, -0.2) is 28.9 Å². The summed E-state index contributed by atoms with van der Waals surface area (Å²) in [7, 11) is -1.62. The van der Waals surface area contributed by atoms with E-state index < -0.39 is 7.12 Å². The average molecular weight is 99.9 g/mol. The zero-order valence-corrected chi connectivity index (χ0v) is 3.63. The summed E-state index contributed by atoms with van der Waals surface area (Å²) in [5.74, 6) is 3.96. The van der Waals surface area contributed by atoms with Gasteiger partial charge in [0.05, 0.1) is 0 Å². The molecule has 0 fully saturated rings. The van der Waals surface area contributed by atoms with Crippen molar-refractivity contribution in [2.45, 2.75) is 0 Å². The molecule has 0 saturated heterocycles.